The summed E-state index contributed by atoms with van der Waals surface area (Å²) in [5.74, 6) is 1.57. The minimum Gasteiger partial charge on any atom is -0.349 e. The molecule has 118 valence electrons. The van der Waals surface area contributed by atoms with Gasteiger partial charge in [0.25, 0.3) is 0 Å². The molecule has 0 heterocycles. The summed E-state index contributed by atoms with van der Waals surface area (Å²) in [6.45, 7) is 2.07. The van der Waals surface area contributed by atoms with Crippen LogP contribution in [-0.2, 0) is 4.79 Å². The van der Waals surface area contributed by atoms with Crippen LogP contribution in [-0.4, -0.2) is 10.8 Å². The fraction of sp³-hybridized carbons (Fsp3) is 0.632. The van der Waals surface area contributed by atoms with Crippen molar-refractivity contribution in [2.75, 3.05) is 0 Å². The van der Waals surface area contributed by atoms with Gasteiger partial charge in [-0.15, -0.1) is 11.6 Å². The van der Waals surface area contributed by atoms with Crippen molar-refractivity contribution in [2.24, 2.45) is 17.3 Å². The van der Waals surface area contributed by atoms with E-state index in [2.05, 4.69) is 24.4 Å². The highest BCUT2D eigenvalue weighted by molar-refractivity contribution is 6.24. The molecule has 0 radical (unpaired) electrons. The molecule has 4 saturated carbocycles. The second-order valence-corrected chi connectivity index (χ2v) is 8.80. The summed E-state index contributed by atoms with van der Waals surface area (Å²) in [7, 11) is 0. The van der Waals surface area contributed by atoms with Crippen LogP contribution in [0, 0.1) is 17.3 Å². The van der Waals surface area contributed by atoms with Crippen molar-refractivity contribution in [3.63, 3.8) is 0 Å². The van der Waals surface area contributed by atoms with Crippen molar-refractivity contribution in [1.82, 2.24) is 5.32 Å². The van der Waals surface area contributed by atoms with Crippen LogP contribution in [0.5, 0.6) is 0 Å². The standard InChI is InChI=1S/C19H24ClNO/c1-13(16-5-3-2-4-6-16)21-17(22)18-8-14-7-15(9-18)11-19(20,10-14)12-18/h2-6,13-15H,7-12H2,1H3,(H,21,22)/t13-,14-,15+,18?,19?/m1/s1. The molecule has 5 rings (SSSR count). The Morgan fingerprint density at radius 2 is 1.82 bits per heavy atom. The fourth-order valence-electron chi connectivity index (χ4n) is 5.59. The van der Waals surface area contributed by atoms with Gasteiger partial charge in [-0.2, -0.15) is 0 Å². The largest absolute Gasteiger partial charge is 0.349 e. The SMILES string of the molecule is C[C@@H](NC(=O)C12C[C@@H]3C[C@@H](CC(Cl)(C3)C1)C2)c1ccccc1. The molecule has 22 heavy (non-hydrogen) atoms. The second kappa shape index (κ2) is 4.99. The Hall–Kier alpha value is -1.02. The van der Waals surface area contributed by atoms with Crippen LogP contribution in [0.2, 0.25) is 0 Å². The lowest BCUT2D eigenvalue weighted by Gasteiger charge is -2.59. The van der Waals surface area contributed by atoms with E-state index < -0.39 is 0 Å². The Balaban J connectivity index is 1.53. The lowest BCUT2D eigenvalue weighted by atomic mass is 9.49. The maximum Gasteiger partial charge on any atom is 0.226 e. The molecule has 3 heteroatoms. The van der Waals surface area contributed by atoms with E-state index in [-0.39, 0.29) is 22.2 Å². The van der Waals surface area contributed by atoms with Crippen LogP contribution < -0.4 is 5.32 Å². The van der Waals surface area contributed by atoms with E-state index in [0.29, 0.717) is 11.8 Å². The Kier molecular flexibility index (Phi) is 3.30. The summed E-state index contributed by atoms with van der Waals surface area (Å²) >= 11 is 6.84. The van der Waals surface area contributed by atoms with E-state index in [1.54, 1.807) is 0 Å². The lowest BCUT2D eigenvalue weighted by Crippen LogP contribution is -2.58. The van der Waals surface area contributed by atoms with E-state index in [4.69, 9.17) is 11.6 Å². The summed E-state index contributed by atoms with van der Waals surface area (Å²) in [5.41, 5.74) is 0.968. The number of nitrogens with one attached hydrogen (secondary N) is 1. The molecule has 4 bridgehead atoms. The van der Waals surface area contributed by atoms with Crippen LogP contribution in [0.15, 0.2) is 30.3 Å². The molecule has 0 aromatic heterocycles. The molecule has 5 atom stereocenters. The summed E-state index contributed by atoms with van der Waals surface area (Å²) in [6.07, 6.45) is 6.50. The molecule has 4 aliphatic carbocycles. The predicted molar refractivity (Wildman–Crippen MR) is 88.7 cm³/mol. The molecule has 1 N–H and O–H groups in total. The smallest absolute Gasteiger partial charge is 0.226 e. The first kappa shape index (κ1) is 14.6. The number of benzene rings is 1. The highest BCUT2D eigenvalue weighted by Crippen LogP contribution is 2.63. The van der Waals surface area contributed by atoms with Crippen molar-refractivity contribution in [2.45, 2.75) is 56.4 Å². The average molecular weight is 318 g/mol. The lowest BCUT2D eigenvalue weighted by molar-refractivity contribution is -0.145. The Morgan fingerprint density at radius 3 is 2.41 bits per heavy atom. The molecular weight excluding hydrogens is 294 g/mol. The minimum atomic E-state index is -0.200. The zero-order chi connectivity index (χ0) is 15.4. The molecule has 2 nitrogen and oxygen atoms in total. The van der Waals surface area contributed by atoms with Gasteiger partial charge in [-0.25, -0.2) is 0 Å². The highest BCUT2D eigenvalue weighted by atomic mass is 35.5. The molecule has 0 spiro atoms. The van der Waals surface area contributed by atoms with E-state index in [1.807, 2.05) is 18.2 Å². The monoisotopic (exact) mass is 317 g/mol. The van der Waals surface area contributed by atoms with Crippen LogP contribution >= 0.6 is 11.6 Å². The fourth-order valence-corrected chi connectivity index (χ4v) is 6.28. The summed E-state index contributed by atoms with van der Waals surface area (Å²) in [4.78, 5) is 13.0. The second-order valence-electron chi connectivity index (χ2n) is 8.00. The van der Waals surface area contributed by atoms with Crippen molar-refractivity contribution < 1.29 is 4.79 Å². The van der Waals surface area contributed by atoms with Crippen LogP contribution in [0.1, 0.15) is 57.1 Å². The van der Waals surface area contributed by atoms with Crippen molar-refractivity contribution in [3.8, 4) is 0 Å². The number of carbonyl (C=O) groups is 1. The molecule has 1 amide bonds. The van der Waals surface area contributed by atoms with Gasteiger partial charge >= 0.3 is 0 Å². The topological polar surface area (TPSA) is 29.1 Å². The van der Waals surface area contributed by atoms with Crippen LogP contribution in [0.3, 0.4) is 0 Å². The molecule has 4 aliphatic rings. The van der Waals surface area contributed by atoms with Gasteiger partial charge in [0.1, 0.15) is 0 Å². The van der Waals surface area contributed by atoms with Gasteiger partial charge in [-0.05, 0) is 62.8 Å². The number of amides is 1. The zero-order valence-corrected chi connectivity index (χ0v) is 13.9. The van der Waals surface area contributed by atoms with Gasteiger partial charge in [0.15, 0.2) is 0 Å². The quantitative estimate of drug-likeness (QED) is 0.820. The average Bonchev–Trinajstić information content (AvgIpc) is 2.45. The maximum atomic E-state index is 13.1. The predicted octanol–water partition coefficient (Wildman–Crippen LogP) is 4.44. The maximum absolute atomic E-state index is 13.1. The molecule has 0 saturated heterocycles. The third kappa shape index (κ3) is 2.36. The van der Waals surface area contributed by atoms with Gasteiger partial charge < -0.3 is 5.32 Å². The van der Waals surface area contributed by atoms with Gasteiger partial charge in [-0.1, -0.05) is 30.3 Å². The Labute approximate surface area is 137 Å². The van der Waals surface area contributed by atoms with E-state index in [1.165, 1.54) is 12.0 Å². The molecule has 0 aliphatic heterocycles. The van der Waals surface area contributed by atoms with Crippen molar-refractivity contribution >= 4 is 17.5 Å². The number of hydrogen-bond donors (Lipinski definition) is 1. The molecule has 1 aromatic carbocycles. The third-order valence-electron chi connectivity index (χ3n) is 6.12. The summed E-state index contributed by atoms with van der Waals surface area (Å²) < 4.78 is 0. The third-order valence-corrected chi connectivity index (χ3v) is 6.56. The molecule has 2 unspecified atom stereocenters. The number of carbonyl (C=O) groups excluding carboxylic acids is 1. The number of hydrogen-bond acceptors (Lipinski definition) is 1. The van der Waals surface area contributed by atoms with Gasteiger partial charge in [0, 0.05) is 4.87 Å². The number of rotatable bonds is 3. The van der Waals surface area contributed by atoms with Crippen molar-refractivity contribution in [3.05, 3.63) is 35.9 Å². The van der Waals surface area contributed by atoms with Gasteiger partial charge in [0.2, 0.25) is 5.91 Å². The molecule has 1 aromatic rings. The summed E-state index contributed by atoms with van der Waals surface area (Å²) in [6, 6.07) is 10.3. The first-order valence-corrected chi connectivity index (χ1v) is 8.91. The minimum absolute atomic E-state index is 0.0629. The van der Waals surface area contributed by atoms with Crippen LogP contribution in [0.4, 0.5) is 0 Å². The van der Waals surface area contributed by atoms with Crippen LogP contribution in [0.25, 0.3) is 0 Å². The van der Waals surface area contributed by atoms with E-state index in [0.717, 1.165) is 32.1 Å². The Morgan fingerprint density at radius 1 is 1.18 bits per heavy atom. The summed E-state index contributed by atoms with van der Waals surface area (Å²) in [5, 5.41) is 3.27. The number of halogens is 1. The molecular formula is C19H24ClNO. The van der Waals surface area contributed by atoms with E-state index in [9.17, 15) is 4.79 Å². The highest BCUT2D eigenvalue weighted by Gasteiger charge is 2.60. The van der Waals surface area contributed by atoms with Crippen molar-refractivity contribution in [1.29, 1.82) is 0 Å². The Bertz CT molecular complexity index is 570. The van der Waals surface area contributed by atoms with E-state index >= 15 is 0 Å². The number of alkyl halides is 1. The van der Waals surface area contributed by atoms with Gasteiger partial charge in [-0.3, -0.25) is 4.79 Å². The normalized spacial score (nSPS) is 40.5. The molecule has 4 fully saturated rings. The first-order chi connectivity index (χ1) is 10.5. The zero-order valence-electron chi connectivity index (χ0n) is 13.1. The van der Waals surface area contributed by atoms with Gasteiger partial charge in [0.05, 0.1) is 11.5 Å². The first-order valence-electron chi connectivity index (χ1n) is 8.53.